The van der Waals surface area contributed by atoms with Gasteiger partial charge < -0.3 is 5.32 Å². The molecule has 2 aromatic carbocycles. The summed E-state index contributed by atoms with van der Waals surface area (Å²) < 4.78 is 0. The van der Waals surface area contributed by atoms with Crippen LogP contribution in [0.3, 0.4) is 0 Å². The van der Waals surface area contributed by atoms with Crippen LogP contribution in [0.1, 0.15) is 47.9 Å². The van der Waals surface area contributed by atoms with Crippen LogP contribution in [0.25, 0.3) is 0 Å². The lowest BCUT2D eigenvalue weighted by molar-refractivity contribution is -0.120. The van der Waals surface area contributed by atoms with Crippen molar-refractivity contribution in [2.45, 2.75) is 44.9 Å². The Hall–Kier alpha value is -2.09. The maximum absolute atomic E-state index is 12.3. The van der Waals surface area contributed by atoms with E-state index in [1.807, 2.05) is 6.07 Å². The van der Waals surface area contributed by atoms with Gasteiger partial charge in [0, 0.05) is 12.5 Å². The fourth-order valence-corrected chi connectivity index (χ4v) is 3.44. The van der Waals surface area contributed by atoms with Gasteiger partial charge in [0.2, 0.25) is 5.91 Å². The molecule has 0 unspecified atom stereocenters. The van der Waals surface area contributed by atoms with Gasteiger partial charge in [0.15, 0.2) is 0 Å². The molecule has 0 bridgehead atoms. The van der Waals surface area contributed by atoms with Crippen molar-refractivity contribution in [3.63, 3.8) is 0 Å². The summed E-state index contributed by atoms with van der Waals surface area (Å²) in [5, 5.41) is 3.11. The molecule has 2 nitrogen and oxygen atoms in total. The molecule has 1 aliphatic rings. The summed E-state index contributed by atoms with van der Waals surface area (Å²) in [5.74, 6) is 0.512. The largest absolute Gasteiger partial charge is 0.355 e. The molecule has 2 aromatic rings. The second-order valence-electron chi connectivity index (χ2n) is 6.45. The monoisotopic (exact) mass is 307 g/mol. The van der Waals surface area contributed by atoms with E-state index >= 15 is 0 Å². The van der Waals surface area contributed by atoms with Gasteiger partial charge in [-0.2, -0.15) is 0 Å². The molecule has 0 fully saturated rings. The fourth-order valence-electron chi connectivity index (χ4n) is 3.44. The summed E-state index contributed by atoms with van der Waals surface area (Å²) in [7, 11) is 0. The van der Waals surface area contributed by atoms with Crippen LogP contribution in [0.15, 0.2) is 48.5 Å². The summed E-state index contributed by atoms with van der Waals surface area (Å²) in [5.41, 5.74) is 5.33. The minimum atomic E-state index is 0.123. The van der Waals surface area contributed by atoms with Crippen molar-refractivity contribution in [1.82, 2.24) is 5.32 Å². The first-order valence-electron chi connectivity index (χ1n) is 8.68. The molecule has 1 atom stereocenters. The molecule has 2 heteroatoms. The molecule has 0 radical (unpaired) electrons. The highest BCUT2D eigenvalue weighted by molar-refractivity contribution is 5.78. The Labute approximate surface area is 138 Å². The number of rotatable bonds is 6. The highest BCUT2D eigenvalue weighted by Crippen LogP contribution is 2.23. The van der Waals surface area contributed by atoms with E-state index in [-0.39, 0.29) is 5.91 Å². The van der Waals surface area contributed by atoms with Gasteiger partial charge in [-0.1, -0.05) is 55.5 Å². The highest BCUT2D eigenvalue weighted by atomic mass is 16.1. The average molecular weight is 307 g/mol. The normalized spacial score (nSPS) is 14.3. The van der Waals surface area contributed by atoms with E-state index in [4.69, 9.17) is 0 Å². The maximum atomic E-state index is 12.3. The van der Waals surface area contributed by atoms with Crippen LogP contribution < -0.4 is 5.32 Å². The molecule has 1 amide bonds. The van der Waals surface area contributed by atoms with Gasteiger partial charge in [0.1, 0.15) is 0 Å². The first kappa shape index (κ1) is 15.8. The van der Waals surface area contributed by atoms with Crippen LogP contribution in [0.5, 0.6) is 0 Å². The Kier molecular flexibility index (Phi) is 5.12. The standard InChI is InChI=1S/C21H25NO/c1-2-17(18-7-4-3-5-8-18)15-22-21(23)14-16-11-12-19-9-6-10-20(19)13-16/h3-5,7-8,11-13,17H,2,6,9-10,14-15H2,1H3,(H,22,23)/t17-/m1/s1. The van der Waals surface area contributed by atoms with Crippen molar-refractivity contribution in [1.29, 1.82) is 0 Å². The van der Waals surface area contributed by atoms with Crippen LogP contribution in [0.2, 0.25) is 0 Å². The summed E-state index contributed by atoms with van der Waals surface area (Å²) in [6.45, 7) is 2.88. The van der Waals surface area contributed by atoms with E-state index in [1.54, 1.807) is 0 Å². The van der Waals surface area contributed by atoms with Crippen molar-refractivity contribution < 1.29 is 4.79 Å². The zero-order valence-electron chi connectivity index (χ0n) is 13.8. The van der Waals surface area contributed by atoms with E-state index in [1.165, 1.54) is 29.5 Å². The molecule has 23 heavy (non-hydrogen) atoms. The molecule has 120 valence electrons. The second-order valence-corrected chi connectivity index (χ2v) is 6.45. The third-order valence-electron chi connectivity index (χ3n) is 4.84. The molecule has 0 aliphatic heterocycles. The third kappa shape index (κ3) is 4.01. The van der Waals surface area contributed by atoms with E-state index in [2.05, 4.69) is 54.7 Å². The smallest absolute Gasteiger partial charge is 0.224 e. The molecular weight excluding hydrogens is 282 g/mol. The lowest BCUT2D eigenvalue weighted by Gasteiger charge is -2.16. The van der Waals surface area contributed by atoms with Crippen LogP contribution in [0, 0.1) is 0 Å². The molecule has 3 rings (SSSR count). The average Bonchev–Trinajstić information content (AvgIpc) is 3.04. The molecule has 0 saturated carbocycles. The lowest BCUT2D eigenvalue weighted by Crippen LogP contribution is -2.29. The number of carbonyl (C=O) groups is 1. The number of hydrogen-bond donors (Lipinski definition) is 1. The summed E-state index contributed by atoms with van der Waals surface area (Å²) in [6, 6.07) is 17.0. The quantitative estimate of drug-likeness (QED) is 0.858. The zero-order valence-corrected chi connectivity index (χ0v) is 13.8. The molecule has 1 N–H and O–H groups in total. The van der Waals surface area contributed by atoms with Gasteiger partial charge >= 0.3 is 0 Å². The Morgan fingerprint density at radius 2 is 1.87 bits per heavy atom. The molecule has 1 aliphatic carbocycles. The van der Waals surface area contributed by atoms with Gasteiger partial charge in [-0.25, -0.2) is 0 Å². The Bertz CT molecular complexity index is 663. The van der Waals surface area contributed by atoms with Crippen LogP contribution >= 0.6 is 0 Å². The van der Waals surface area contributed by atoms with Crippen molar-refractivity contribution in [3.05, 3.63) is 70.8 Å². The summed E-state index contributed by atoms with van der Waals surface area (Å²) in [6.07, 6.45) is 5.12. The van der Waals surface area contributed by atoms with Crippen molar-refractivity contribution >= 4 is 5.91 Å². The topological polar surface area (TPSA) is 29.1 Å². The summed E-state index contributed by atoms with van der Waals surface area (Å²) >= 11 is 0. The number of hydrogen-bond acceptors (Lipinski definition) is 1. The molecule has 0 heterocycles. The number of benzene rings is 2. The third-order valence-corrected chi connectivity index (χ3v) is 4.84. The minimum absolute atomic E-state index is 0.123. The van der Waals surface area contributed by atoms with Crippen LogP contribution in [0.4, 0.5) is 0 Å². The Balaban J connectivity index is 1.55. The molecular formula is C21H25NO. The van der Waals surface area contributed by atoms with Crippen LogP contribution in [-0.4, -0.2) is 12.5 Å². The van der Waals surface area contributed by atoms with Crippen molar-refractivity contribution in [2.24, 2.45) is 0 Å². The highest BCUT2D eigenvalue weighted by Gasteiger charge is 2.14. The van der Waals surface area contributed by atoms with Gasteiger partial charge in [-0.3, -0.25) is 4.79 Å². The van der Waals surface area contributed by atoms with E-state index in [9.17, 15) is 4.79 Å². The van der Waals surface area contributed by atoms with E-state index in [0.29, 0.717) is 18.9 Å². The zero-order chi connectivity index (χ0) is 16.1. The van der Waals surface area contributed by atoms with E-state index < -0.39 is 0 Å². The predicted octanol–water partition coefficient (Wildman–Crippen LogP) is 4.03. The number of fused-ring (bicyclic) bond motifs is 1. The molecule has 0 aromatic heterocycles. The van der Waals surface area contributed by atoms with Crippen molar-refractivity contribution in [3.8, 4) is 0 Å². The summed E-state index contributed by atoms with van der Waals surface area (Å²) in [4.78, 5) is 12.3. The van der Waals surface area contributed by atoms with Gasteiger partial charge in [-0.15, -0.1) is 0 Å². The van der Waals surface area contributed by atoms with Crippen molar-refractivity contribution in [2.75, 3.05) is 6.54 Å². The van der Waals surface area contributed by atoms with E-state index in [0.717, 1.165) is 18.4 Å². The Morgan fingerprint density at radius 1 is 1.09 bits per heavy atom. The number of amides is 1. The fraction of sp³-hybridized carbons (Fsp3) is 0.381. The Morgan fingerprint density at radius 3 is 2.65 bits per heavy atom. The predicted molar refractivity (Wildman–Crippen MR) is 94.7 cm³/mol. The maximum Gasteiger partial charge on any atom is 0.224 e. The number of aryl methyl sites for hydroxylation is 2. The number of nitrogens with one attached hydrogen (secondary N) is 1. The number of carbonyl (C=O) groups excluding carboxylic acids is 1. The van der Waals surface area contributed by atoms with Crippen LogP contribution in [-0.2, 0) is 24.1 Å². The minimum Gasteiger partial charge on any atom is -0.355 e. The SMILES string of the molecule is CC[C@H](CNC(=O)Cc1ccc2c(c1)CCC2)c1ccccc1. The molecule has 0 saturated heterocycles. The van der Waals surface area contributed by atoms with Gasteiger partial charge in [0.05, 0.1) is 6.42 Å². The second kappa shape index (κ2) is 7.45. The first-order valence-corrected chi connectivity index (χ1v) is 8.68. The first-order chi connectivity index (χ1) is 11.3. The lowest BCUT2D eigenvalue weighted by atomic mass is 9.96. The van der Waals surface area contributed by atoms with Gasteiger partial charge in [-0.05, 0) is 47.9 Å². The molecule has 0 spiro atoms. The van der Waals surface area contributed by atoms with Gasteiger partial charge in [0.25, 0.3) is 0 Å².